The maximum atomic E-state index is 12.9. The van der Waals surface area contributed by atoms with Gasteiger partial charge in [-0.15, -0.1) is 0 Å². The average Bonchev–Trinajstić information content (AvgIpc) is 2.62. The Morgan fingerprint density at radius 2 is 1.88 bits per heavy atom. The van der Waals surface area contributed by atoms with Crippen molar-refractivity contribution in [2.45, 2.75) is 20.3 Å². The quantitative estimate of drug-likeness (QED) is 0.683. The van der Waals surface area contributed by atoms with Crippen LogP contribution in [-0.2, 0) is 4.79 Å². The molecule has 0 fully saturated rings. The van der Waals surface area contributed by atoms with E-state index in [9.17, 15) is 9.18 Å². The standard InChI is InChI=1S/C21H24FNO3/c1-15(2)12-13-26-19-10-4-16(14-20(19)25-3)5-11-21(24)23-18-8-6-17(22)7-9-18/h4-11,14-15H,12-13H2,1-3H3,(H,23,24)/b11-5+. The topological polar surface area (TPSA) is 47.6 Å². The third-order valence-corrected chi connectivity index (χ3v) is 3.68. The number of hydrogen-bond donors (Lipinski definition) is 1. The lowest BCUT2D eigenvalue weighted by molar-refractivity contribution is -0.111. The van der Waals surface area contributed by atoms with Gasteiger partial charge < -0.3 is 14.8 Å². The van der Waals surface area contributed by atoms with Crippen LogP contribution in [0.4, 0.5) is 10.1 Å². The zero-order valence-electron chi connectivity index (χ0n) is 15.3. The molecule has 2 aromatic rings. The molecule has 0 aliphatic heterocycles. The highest BCUT2D eigenvalue weighted by atomic mass is 19.1. The van der Waals surface area contributed by atoms with Gasteiger partial charge in [0.15, 0.2) is 11.5 Å². The summed E-state index contributed by atoms with van der Waals surface area (Å²) < 4.78 is 24.0. The van der Waals surface area contributed by atoms with Crippen molar-refractivity contribution in [3.8, 4) is 11.5 Å². The molecule has 0 unspecified atom stereocenters. The van der Waals surface area contributed by atoms with Crippen LogP contribution in [0, 0.1) is 11.7 Å². The molecule has 2 rings (SSSR count). The predicted octanol–water partition coefficient (Wildman–Crippen LogP) is 4.91. The van der Waals surface area contributed by atoms with Crippen molar-refractivity contribution in [3.63, 3.8) is 0 Å². The Bertz CT molecular complexity index is 754. The second kappa shape index (κ2) is 9.61. The molecule has 0 spiro atoms. The van der Waals surface area contributed by atoms with Crippen LogP contribution >= 0.6 is 0 Å². The number of carbonyl (C=O) groups is 1. The second-order valence-corrected chi connectivity index (χ2v) is 6.27. The highest BCUT2D eigenvalue weighted by Crippen LogP contribution is 2.29. The highest BCUT2D eigenvalue weighted by Gasteiger charge is 2.06. The van der Waals surface area contributed by atoms with Crippen LogP contribution < -0.4 is 14.8 Å². The van der Waals surface area contributed by atoms with Crippen molar-refractivity contribution in [2.24, 2.45) is 5.92 Å². The number of methoxy groups -OCH3 is 1. The van der Waals surface area contributed by atoms with Gasteiger partial charge in [0, 0.05) is 11.8 Å². The van der Waals surface area contributed by atoms with E-state index in [1.54, 1.807) is 13.2 Å². The Balaban J connectivity index is 1.98. The SMILES string of the molecule is COc1cc(/C=C/C(=O)Nc2ccc(F)cc2)ccc1OCCC(C)C. The van der Waals surface area contributed by atoms with Gasteiger partial charge in [-0.05, 0) is 60.4 Å². The molecular weight excluding hydrogens is 333 g/mol. The van der Waals surface area contributed by atoms with E-state index in [0.29, 0.717) is 29.7 Å². The van der Waals surface area contributed by atoms with Crippen molar-refractivity contribution >= 4 is 17.7 Å². The molecule has 0 atom stereocenters. The number of anilines is 1. The molecule has 0 aliphatic carbocycles. The van der Waals surface area contributed by atoms with Gasteiger partial charge in [-0.3, -0.25) is 4.79 Å². The summed E-state index contributed by atoms with van der Waals surface area (Å²) in [5.74, 6) is 1.23. The molecular formula is C21H24FNO3. The summed E-state index contributed by atoms with van der Waals surface area (Å²) in [7, 11) is 1.58. The summed E-state index contributed by atoms with van der Waals surface area (Å²) in [5.41, 5.74) is 1.35. The number of benzene rings is 2. The minimum atomic E-state index is -0.346. The molecule has 0 aromatic heterocycles. The van der Waals surface area contributed by atoms with E-state index in [4.69, 9.17) is 9.47 Å². The van der Waals surface area contributed by atoms with Crippen molar-refractivity contribution in [1.29, 1.82) is 0 Å². The Hall–Kier alpha value is -2.82. The zero-order chi connectivity index (χ0) is 18.9. The van der Waals surface area contributed by atoms with Gasteiger partial charge in [-0.1, -0.05) is 19.9 Å². The molecule has 1 amide bonds. The summed E-state index contributed by atoms with van der Waals surface area (Å²) in [4.78, 5) is 11.9. The molecule has 2 aromatic carbocycles. The van der Waals surface area contributed by atoms with Crippen LogP contribution in [0.1, 0.15) is 25.8 Å². The molecule has 0 aliphatic rings. The van der Waals surface area contributed by atoms with Gasteiger partial charge in [0.25, 0.3) is 0 Å². The van der Waals surface area contributed by atoms with E-state index in [-0.39, 0.29) is 11.7 Å². The maximum absolute atomic E-state index is 12.9. The van der Waals surface area contributed by atoms with E-state index in [0.717, 1.165) is 12.0 Å². The number of hydrogen-bond acceptors (Lipinski definition) is 3. The molecule has 0 saturated heterocycles. The molecule has 138 valence electrons. The first kappa shape index (κ1) is 19.5. The fourth-order valence-corrected chi connectivity index (χ4v) is 2.20. The Labute approximate surface area is 153 Å². The van der Waals surface area contributed by atoms with Gasteiger partial charge in [0.2, 0.25) is 5.91 Å². The fourth-order valence-electron chi connectivity index (χ4n) is 2.20. The van der Waals surface area contributed by atoms with Gasteiger partial charge >= 0.3 is 0 Å². The molecule has 1 N–H and O–H groups in total. The van der Waals surface area contributed by atoms with E-state index >= 15 is 0 Å². The monoisotopic (exact) mass is 357 g/mol. The third-order valence-electron chi connectivity index (χ3n) is 3.68. The summed E-state index contributed by atoms with van der Waals surface area (Å²) in [6.45, 7) is 4.92. The van der Waals surface area contributed by atoms with Crippen LogP contribution in [0.3, 0.4) is 0 Å². The fraction of sp³-hybridized carbons (Fsp3) is 0.286. The first-order chi connectivity index (χ1) is 12.5. The predicted molar refractivity (Wildman–Crippen MR) is 102 cm³/mol. The summed E-state index contributed by atoms with van der Waals surface area (Å²) in [6, 6.07) is 11.1. The van der Waals surface area contributed by atoms with E-state index < -0.39 is 0 Å². The number of rotatable bonds is 8. The van der Waals surface area contributed by atoms with Gasteiger partial charge in [0.1, 0.15) is 5.82 Å². The molecule has 5 heteroatoms. The van der Waals surface area contributed by atoms with Crippen LogP contribution in [0.2, 0.25) is 0 Å². The lowest BCUT2D eigenvalue weighted by Gasteiger charge is -2.12. The normalized spacial score (nSPS) is 11.0. The zero-order valence-corrected chi connectivity index (χ0v) is 15.3. The summed E-state index contributed by atoms with van der Waals surface area (Å²) in [6.07, 6.45) is 4.06. The Morgan fingerprint density at radius 3 is 2.54 bits per heavy atom. The van der Waals surface area contributed by atoms with Crippen LogP contribution in [0.5, 0.6) is 11.5 Å². The second-order valence-electron chi connectivity index (χ2n) is 6.27. The number of carbonyl (C=O) groups excluding carboxylic acids is 1. The van der Waals surface area contributed by atoms with Crippen LogP contribution in [0.25, 0.3) is 6.08 Å². The number of ether oxygens (including phenoxy) is 2. The summed E-state index contributed by atoms with van der Waals surface area (Å²) >= 11 is 0. The Morgan fingerprint density at radius 1 is 1.15 bits per heavy atom. The van der Waals surface area contributed by atoms with E-state index in [1.807, 2.05) is 18.2 Å². The van der Waals surface area contributed by atoms with E-state index in [2.05, 4.69) is 19.2 Å². The van der Waals surface area contributed by atoms with Crippen molar-refractivity contribution in [2.75, 3.05) is 19.0 Å². The van der Waals surface area contributed by atoms with Gasteiger partial charge in [-0.2, -0.15) is 0 Å². The molecule has 0 bridgehead atoms. The Kier molecular flexibility index (Phi) is 7.21. The average molecular weight is 357 g/mol. The highest BCUT2D eigenvalue weighted by molar-refractivity contribution is 6.01. The summed E-state index contributed by atoms with van der Waals surface area (Å²) in [5, 5.41) is 2.67. The molecule has 0 heterocycles. The number of halogens is 1. The maximum Gasteiger partial charge on any atom is 0.248 e. The molecule has 26 heavy (non-hydrogen) atoms. The van der Waals surface area contributed by atoms with Crippen molar-refractivity contribution < 1.29 is 18.7 Å². The van der Waals surface area contributed by atoms with Crippen LogP contribution in [-0.4, -0.2) is 19.6 Å². The molecule has 4 nitrogen and oxygen atoms in total. The minimum absolute atomic E-state index is 0.298. The lowest BCUT2D eigenvalue weighted by Crippen LogP contribution is -2.07. The van der Waals surface area contributed by atoms with Gasteiger partial charge in [0.05, 0.1) is 13.7 Å². The molecule has 0 radical (unpaired) electrons. The lowest BCUT2D eigenvalue weighted by atomic mass is 10.1. The number of nitrogens with one attached hydrogen (secondary N) is 1. The van der Waals surface area contributed by atoms with Crippen molar-refractivity contribution in [3.05, 3.63) is 59.9 Å². The third kappa shape index (κ3) is 6.24. The first-order valence-electron chi connectivity index (χ1n) is 8.53. The van der Waals surface area contributed by atoms with Crippen LogP contribution in [0.15, 0.2) is 48.5 Å². The number of amides is 1. The van der Waals surface area contributed by atoms with Gasteiger partial charge in [-0.25, -0.2) is 4.39 Å². The minimum Gasteiger partial charge on any atom is -0.493 e. The largest absolute Gasteiger partial charge is 0.493 e. The molecule has 0 saturated carbocycles. The van der Waals surface area contributed by atoms with E-state index in [1.165, 1.54) is 30.3 Å². The smallest absolute Gasteiger partial charge is 0.248 e. The van der Waals surface area contributed by atoms with Crippen molar-refractivity contribution in [1.82, 2.24) is 0 Å². The first-order valence-corrected chi connectivity index (χ1v) is 8.53.